The molecule has 0 radical (unpaired) electrons. The van der Waals surface area contributed by atoms with Crippen LogP contribution < -0.4 is 4.90 Å². The first kappa shape index (κ1) is 22.0. The van der Waals surface area contributed by atoms with Crippen LogP contribution in [0.3, 0.4) is 0 Å². The zero-order valence-electron chi connectivity index (χ0n) is 28.0. The number of anilines is 3. The Morgan fingerprint density at radius 1 is 0.422 bits per heavy atom. The van der Waals surface area contributed by atoms with E-state index in [2.05, 4.69) is 42.5 Å². The highest BCUT2D eigenvalue weighted by molar-refractivity contribution is 7.25. The molecule has 212 valence electrons. The molecule has 0 fully saturated rings. The molecule has 9 rings (SSSR count). The third-order valence-electron chi connectivity index (χ3n) is 8.33. The second-order valence-corrected chi connectivity index (χ2v) is 12.1. The quantitative estimate of drug-likeness (QED) is 0.196. The Bertz CT molecular complexity index is 2700. The van der Waals surface area contributed by atoms with Gasteiger partial charge in [0.15, 0.2) is 0 Å². The average Bonchev–Trinajstić information content (AvgIpc) is 3.71. The minimum Gasteiger partial charge on any atom is -0.456 e. The number of para-hydroxylation sites is 1. The van der Waals surface area contributed by atoms with Crippen LogP contribution in [-0.2, 0) is 0 Å². The summed E-state index contributed by atoms with van der Waals surface area (Å²) in [5.74, 6) is 0. The van der Waals surface area contributed by atoms with Crippen LogP contribution >= 0.6 is 11.3 Å². The number of rotatable bonds is 5. The van der Waals surface area contributed by atoms with E-state index < -0.39 is 0 Å². The molecular formula is C42H27NOS. The van der Waals surface area contributed by atoms with Gasteiger partial charge in [0, 0.05) is 48.0 Å². The normalized spacial score (nSPS) is 12.8. The number of fused-ring (bicyclic) bond motifs is 6. The van der Waals surface area contributed by atoms with Gasteiger partial charge in [-0.25, -0.2) is 0 Å². The maximum absolute atomic E-state index is 9.33. The number of hydrogen-bond donors (Lipinski definition) is 0. The highest BCUT2D eigenvalue weighted by Gasteiger charge is 2.16. The number of nitrogens with zero attached hydrogens (tertiary/aromatic N) is 1. The van der Waals surface area contributed by atoms with Gasteiger partial charge in [0.1, 0.15) is 11.2 Å². The first-order chi connectivity index (χ1) is 24.0. The van der Waals surface area contributed by atoms with Crippen LogP contribution in [0.1, 0.15) is 5.48 Å². The predicted molar refractivity (Wildman–Crippen MR) is 192 cm³/mol. The van der Waals surface area contributed by atoms with Crippen LogP contribution in [0.15, 0.2) is 168 Å². The molecule has 0 N–H and O–H groups in total. The number of hydrogen-bond acceptors (Lipinski definition) is 3. The van der Waals surface area contributed by atoms with Crippen LogP contribution in [0.25, 0.3) is 64.4 Å². The lowest BCUT2D eigenvalue weighted by Gasteiger charge is -2.26. The first-order valence-corrected chi connectivity index (χ1v) is 15.7. The largest absolute Gasteiger partial charge is 0.456 e. The van der Waals surface area contributed by atoms with Crippen molar-refractivity contribution in [2.45, 2.75) is 0 Å². The molecule has 7 aromatic carbocycles. The van der Waals surface area contributed by atoms with E-state index in [0.29, 0.717) is 5.56 Å². The molecule has 0 unspecified atom stereocenters. The van der Waals surface area contributed by atoms with E-state index in [-0.39, 0.29) is 35.4 Å². The summed E-state index contributed by atoms with van der Waals surface area (Å²) in [5, 5.41) is 4.40. The summed E-state index contributed by atoms with van der Waals surface area (Å²) in [6.07, 6.45) is 0. The molecule has 0 spiro atoms. The minimum atomic E-state index is -0.104. The summed E-state index contributed by atoms with van der Waals surface area (Å²) < 4.78 is 45.2. The summed E-state index contributed by atoms with van der Waals surface area (Å²) in [6.45, 7) is 0. The van der Waals surface area contributed by atoms with Gasteiger partial charge < -0.3 is 9.32 Å². The maximum atomic E-state index is 9.33. The molecule has 0 aliphatic heterocycles. The van der Waals surface area contributed by atoms with Crippen LogP contribution in [0.4, 0.5) is 17.1 Å². The zero-order chi connectivity index (χ0) is 33.2. The average molecular weight is 598 g/mol. The molecule has 2 heterocycles. The second-order valence-electron chi connectivity index (χ2n) is 11.1. The van der Waals surface area contributed by atoms with Gasteiger partial charge in [-0.15, -0.1) is 11.3 Å². The minimum absolute atomic E-state index is 0.0800. The second kappa shape index (κ2) is 10.5. The number of furan rings is 1. The lowest BCUT2D eigenvalue weighted by molar-refractivity contribution is 0.669. The van der Waals surface area contributed by atoms with Gasteiger partial charge in [0.2, 0.25) is 0 Å². The van der Waals surface area contributed by atoms with Crippen molar-refractivity contribution >= 4 is 70.5 Å². The lowest BCUT2D eigenvalue weighted by Crippen LogP contribution is -2.09. The molecule has 0 saturated heterocycles. The van der Waals surface area contributed by atoms with Crippen molar-refractivity contribution in [2.24, 2.45) is 0 Å². The summed E-state index contributed by atoms with van der Waals surface area (Å²) in [4.78, 5) is 1.87. The molecule has 0 saturated carbocycles. The molecule has 9 aromatic rings. The first-order valence-electron chi connectivity index (χ1n) is 16.9. The predicted octanol–water partition coefficient (Wildman–Crippen LogP) is 12.8. The molecule has 0 atom stereocenters. The highest BCUT2D eigenvalue weighted by Crippen LogP contribution is 2.42. The van der Waals surface area contributed by atoms with Gasteiger partial charge in [0.25, 0.3) is 0 Å². The fourth-order valence-corrected chi connectivity index (χ4v) is 7.30. The van der Waals surface area contributed by atoms with E-state index in [1.165, 1.54) is 10.1 Å². The Hall–Kier alpha value is -5.64. The molecule has 2 aromatic heterocycles. The van der Waals surface area contributed by atoms with E-state index in [0.717, 1.165) is 54.5 Å². The van der Waals surface area contributed by atoms with Gasteiger partial charge in [0.05, 0.1) is 5.48 Å². The lowest BCUT2D eigenvalue weighted by atomic mass is 10.0. The zero-order valence-corrected chi connectivity index (χ0v) is 24.9. The van der Waals surface area contributed by atoms with Gasteiger partial charge in [-0.2, -0.15) is 0 Å². The van der Waals surface area contributed by atoms with E-state index >= 15 is 0 Å². The Morgan fingerprint density at radius 2 is 1.11 bits per heavy atom. The van der Waals surface area contributed by atoms with Gasteiger partial charge in [-0.3, -0.25) is 0 Å². The third kappa shape index (κ3) is 4.48. The van der Waals surface area contributed by atoms with E-state index in [4.69, 9.17) is 7.16 Å². The van der Waals surface area contributed by atoms with Crippen molar-refractivity contribution in [3.8, 4) is 22.3 Å². The molecule has 3 heteroatoms. The van der Waals surface area contributed by atoms with Crippen LogP contribution in [0.5, 0.6) is 0 Å². The SMILES string of the molecule is [2H]c1c([2H])c(N(c2cccc(-c3ccc4oc5ccccc5c4c3)c2)c2ccc3c(c2)sc2ccccc23)c([2H])c([2H])c1-c1ccccc1. The molecular weight excluding hydrogens is 567 g/mol. The smallest absolute Gasteiger partial charge is 0.135 e. The number of thiophene rings is 1. The Kier molecular flexibility index (Phi) is 5.13. The van der Waals surface area contributed by atoms with Crippen molar-refractivity contribution in [1.29, 1.82) is 0 Å². The van der Waals surface area contributed by atoms with E-state index in [1.54, 1.807) is 11.3 Å². The van der Waals surface area contributed by atoms with E-state index in [1.807, 2.05) is 102 Å². The summed E-state index contributed by atoms with van der Waals surface area (Å²) in [5.41, 5.74) is 6.22. The van der Waals surface area contributed by atoms with Crippen molar-refractivity contribution in [1.82, 2.24) is 0 Å². The standard InChI is InChI=1S/C42H27NOS/c1-2-9-28(10-3-1)29-17-20-32(21-18-29)43(34-22-23-37-36-14-5-7-16-41(36)45-42(37)27-34)33-12-8-11-30(25-33)31-19-24-40-38(26-31)35-13-4-6-15-39(35)44-40/h1-27H/i17D,18D,20D,21D. The summed E-state index contributed by atoms with van der Waals surface area (Å²) in [7, 11) is 0. The van der Waals surface area contributed by atoms with Crippen LogP contribution in [0.2, 0.25) is 0 Å². The van der Waals surface area contributed by atoms with Crippen LogP contribution in [0, 0.1) is 0 Å². The molecule has 45 heavy (non-hydrogen) atoms. The molecule has 2 nitrogen and oxygen atoms in total. The monoisotopic (exact) mass is 597 g/mol. The van der Waals surface area contributed by atoms with Crippen molar-refractivity contribution in [3.05, 3.63) is 164 Å². The summed E-state index contributed by atoms with van der Waals surface area (Å²) >= 11 is 1.70. The molecule has 0 amide bonds. The van der Waals surface area contributed by atoms with Crippen LogP contribution in [-0.4, -0.2) is 0 Å². The molecule has 0 bridgehead atoms. The van der Waals surface area contributed by atoms with Gasteiger partial charge in [-0.05, 0) is 82.9 Å². The highest BCUT2D eigenvalue weighted by atomic mass is 32.1. The van der Waals surface area contributed by atoms with Crippen molar-refractivity contribution in [3.63, 3.8) is 0 Å². The Balaban J connectivity index is 1.26. The summed E-state index contributed by atoms with van der Waals surface area (Å²) in [6, 6.07) is 45.6. The fraction of sp³-hybridized carbons (Fsp3) is 0. The Labute approximate surface area is 270 Å². The number of benzene rings is 7. The molecule has 0 aliphatic rings. The topological polar surface area (TPSA) is 16.4 Å². The van der Waals surface area contributed by atoms with Gasteiger partial charge in [-0.1, -0.05) is 103 Å². The third-order valence-corrected chi connectivity index (χ3v) is 9.47. The van der Waals surface area contributed by atoms with Gasteiger partial charge >= 0.3 is 0 Å². The van der Waals surface area contributed by atoms with Crippen molar-refractivity contribution in [2.75, 3.05) is 4.90 Å². The Morgan fingerprint density at radius 3 is 2.00 bits per heavy atom. The maximum Gasteiger partial charge on any atom is 0.135 e. The van der Waals surface area contributed by atoms with Crippen molar-refractivity contribution < 1.29 is 9.90 Å². The fourth-order valence-electron chi connectivity index (χ4n) is 6.16. The van der Waals surface area contributed by atoms with E-state index in [9.17, 15) is 2.74 Å². The molecule has 0 aliphatic carbocycles.